The number of anilines is 1. The zero-order valence-electron chi connectivity index (χ0n) is 16.5. The molecule has 1 N–H and O–H groups in total. The van der Waals surface area contributed by atoms with Gasteiger partial charge in [-0.05, 0) is 45.7 Å². The number of amides is 1. The van der Waals surface area contributed by atoms with Crippen LogP contribution in [0.25, 0.3) is 0 Å². The SMILES string of the molecule is CC(C)(C)OC(=O)N1CCCC(Oc2c(F)cccc2N2CCNCC2)C1. The van der Waals surface area contributed by atoms with Crippen LogP contribution in [0.5, 0.6) is 5.75 Å². The number of para-hydroxylation sites is 1. The van der Waals surface area contributed by atoms with Gasteiger partial charge in [0.2, 0.25) is 0 Å². The molecular weight excluding hydrogens is 349 g/mol. The van der Waals surface area contributed by atoms with E-state index in [9.17, 15) is 9.18 Å². The Kier molecular flexibility index (Phi) is 6.09. The van der Waals surface area contributed by atoms with Crippen LogP contribution in [0.1, 0.15) is 33.6 Å². The van der Waals surface area contributed by atoms with Crippen LogP contribution in [-0.2, 0) is 4.74 Å². The van der Waals surface area contributed by atoms with Gasteiger partial charge in [-0.1, -0.05) is 6.07 Å². The average Bonchev–Trinajstić information content (AvgIpc) is 2.63. The van der Waals surface area contributed by atoms with Gasteiger partial charge in [0.15, 0.2) is 11.6 Å². The Morgan fingerprint density at radius 1 is 1.22 bits per heavy atom. The Labute approximate surface area is 160 Å². The maximum absolute atomic E-state index is 14.6. The third kappa shape index (κ3) is 5.25. The number of nitrogens with one attached hydrogen (secondary N) is 1. The first-order chi connectivity index (χ1) is 12.8. The van der Waals surface area contributed by atoms with Crippen molar-refractivity contribution in [2.45, 2.75) is 45.3 Å². The number of carbonyl (C=O) groups is 1. The highest BCUT2D eigenvalue weighted by Gasteiger charge is 2.30. The molecule has 0 spiro atoms. The fraction of sp³-hybridized carbons (Fsp3) is 0.650. The molecule has 0 saturated carbocycles. The van der Waals surface area contributed by atoms with Crippen molar-refractivity contribution in [2.75, 3.05) is 44.2 Å². The molecule has 0 radical (unpaired) electrons. The maximum Gasteiger partial charge on any atom is 0.410 e. The first-order valence-corrected chi connectivity index (χ1v) is 9.72. The van der Waals surface area contributed by atoms with Gasteiger partial charge in [0.25, 0.3) is 0 Å². The van der Waals surface area contributed by atoms with Crippen LogP contribution in [0.2, 0.25) is 0 Å². The number of nitrogens with zero attached hydrogens (tertiary/aromatic N) is 2. The Bertz CT molecular complexity index is 656. The van der Waals surface area contributed by atoms with Gasteiger partial charge in [-0.2, -0.15) is 0 Å². The minimum Gasteiger partial charge on any atom is -0.483 e. The lowest BCUT2D eigenvalue weighted by molar-refractivity contribution is 0.00743. The lowest BCUT2D eigenvalue weighted by Gasteiger charge is -2.36. The highest BCUT2D eigenvalue weighted by atomic mass is 19.1. The number of piperazine rings is 1. The zero-order chi connectivity index (χ0) is 19.4. The van der Waals surface area contributed by atoms with E-state index in [0.29, 0.717) is 13.1 Å². The quantitative estimate of drug-likeness (QED) is 0.875. The standard InChI is InChI=1S/C20H30FN3O3/c1-20(2,3)27-19(25)24-11-5-6-15(14-24)26-18-16(21)7-4-8-17(18)23-12-9-22-10-13-23/h4,7-8,15,22H,5-6,9-14H2,1-3H3. The number of likely N-dealkylation sites (tertiary alicyclic amines) is 1. The minimum atomic E-state index is -0.536. The van der Waals surface area contributed by atoms with Gasteiger partial charge in [-0.15, -0.1) is 0 Å². The molecule has 2 aliphatic heterocycles. The summed E-state index contributed by atoms with van der Waals surface area (Å²) in [7, 11) is 0. The van der Waals surface area contributed by atoms with E-state index in [2.05, 4.69) is 10.2 Å². The summed E-state index contributed by atoms with van der Waals surface area (Å²) < 4.78 is 26.1. The van der Waals surface area contributed by atoms with Crippen molar-refractivity contribution in [3.63, 3.8) is 0 Å². The monoisotopic (exact) mass is 379 g/mol. The van der Waals surface area contributed by atoms with Crippen LogP contribution in [0, 0.1) is 5.82 Å². The first-order valence-electron chi connectivity index (χ1n) is 9.72. The highest BCUT2D eigenvalue weighted by molar-refractivity contribution is 5.68. The van der Waals surface area contributed by atoms with Crippen molar-refractivity contribution in [2.24, 2.45) is 0 Å². The Morgan fingerprint density at radius 3 is 2.67 bits per heavy atom. The summed E-state index contributed by atoms with van der Waals surface area (Å²) in [5, 5.41) is 3.30. The second-order valence-electron chi connectivity index (χ2n) is 8.13. The summed E-state index contributed by atoms with van der Waals surface area (Å²) in [6, 6.07) is 5.04. The molecule has 2 saturated heterocycles. The molecule has 6 nitrogen and oxygen atoms in total. The lowest BCUT2D eigenvalue weighted by atomic mass is 10.1. The van der Waals surface area contributed by atoms with Crippen LogP contribution in [-0.4, -0.2) is 62.0 Å². The largest absolute Gasteiger partial charge is 0.483 e. The van der Waals surface area contributed by atoms with Crippen LogP contribution in [0.15, 0.2) is 18.2 Å². The molecule has 3 rings (SSSR count). The van der Waals surface area contributed by atoms with Crippen molar-refractivity contribution < 1.29 is 18.7 Å². The molecule has 1 aromatic rings. The lowest BCUT2D eigenvalue weighted by Crippen LogP contribution is -2.47. The molecule has 1 amide bonds. The van der Waals surface area contributed by atoms with E-state index in [1.165, 1.54) is 6.07 Å². The second kappa shape index (κ2) is 8.33. The van der Waals surface area contributed by atoms with E-state index in [-0.39, 0.29) is 23.8 Å². The van der Waals surface area contributed by atoms with Crippen molar-refractivity contribution in [3.8, 4) is 5.75 Å². The van der Waals surface area contributed by atoms with Crippen LogP contribution < -0.4 is 15.0 Å². The van der Waals surface area contributed by atoms with E-state index in [1.807, 2.05) is 26.8 Å². The number of hydrogen-bond acceptors (Lipinski definition) is 5. The summed E-state index contributed by atoms with van der Waals surface area (Å²) >= 11 is 0. The molecule has 2 fully saturated rings. The number of carbonyl (C=O) groups excluding carboxylic acids is 1. The van der Waals surface area contributed by atoms with Gasteiger partial charge in [0, 0.05) is 32.7 Å². The Hall–Kier alpha value is -2.02. The fourth-order valence-corrected chi connectivity index (χ4v) is 3.46. The molecule has 0 bridgehead atoms. The molecule has 1 aromatic carbocycles. The van der Waals surface area contributed by atoms with Gasteiger partial charge in [0.05, 0.1) is 12.2 Å². The Morgan fingerprint density at radius 2 is 1.96 bits per heavy atom. The van der Waals surface area contributed by atoms with Gasteiger partial charge >= 0.3 is 6.09 Å². The average molecular weight is 379 g/mol. The molecule has 0 aromatic heterocycles. The number of piperidine rings is 1. The number of benzene rings is 1. The van der Waals surface area contributed by atoms with E-state index < -0.39 is 5.60 Å². The number of ether oxygens (including phenoxy) is 2. The smallest absolute Gasteiger partial charge is 0.410 e. The summed E-state index contributed by atoms with van der Waals surface area (Å²) in [5.74, 6) is -0.0733. The maximum atomic E-state index is 14.6. The summed E-state index contributed by atoms with van der Waals surface area (Å²) in [5.41, 5.74) is 0.247. The third-order valence-electron chi connectivity index (χ3n) is 4.72. The molecule has 27 heavy (non-hydrogen) atoms. The van der Waals surface area contributed by atoms with E-state index in [1.54, 1.807) is 11.0 Å². The zero-order valence-corrected chi connectivity index (χ0v) is 16.5. The van der Waals surface area contributed by atoms with Crippen LogP contribution in [0.3, 0.4) is 0 Å². The summed E-state index contributed by atoms with van der Waals surface area (Å²) in [4.78, 5) is 16.2. The number of hydrogen-bond donors (Lipinski definition) is 1. The van der Waals surface area contributed by atoms with Crippen molar-refractivity contribution >= 4 is 11.8 Å². The fourth-order valence-electron chi connectivity index (χ4n) is 3.46. The molecule has 150 valence electrons. The Balaban J connectivity index is 1.70. The van der Waals surface area contributed by atoms with Crippen LogP contribution in [0.4, 0.5) is 14.9 Å². The normalized spacial score (nSPS) is 21.1. The molecule has 7 heteroatoms. The van der Waals surface area contributed by atoms with E-state index >= 15 is 0 Å². The van der Waals surface area contributed by atoms with E-state index in [4.69, 9.17) is 9.47 Å². The van der Waals surface area contributed by atoms with E-state index in [0.717, 1.165) is 44.7 Å². The summed E-state index contributed by atoms with van der Waals surface area (Å²) in [6.07, 6.45) is 1.01. The van der Waals surface area contributed by atoms with Gasteiger partial charge in [-0.3, -0.25) is 0 Å². The molecule has 1 atom stereocenters. The van der Waals surface area contributed by atoms with Crippen LogP contribution >= 0.6 is 0 Å². The molecule has 2 aliphatic rings. The first kappa shape index (κ1) is 19.7. The molecule has 2 heterocycles. The van der Waals surface area contributed by atoms with Crippen molar-refractivity contribution in [3.05, 3.63) is 24.0 Å². The molecular formula is C20H30FN3O3. The third-order valence-corrected chi connectivity index (χ3v) is 4.72. The predicted octanol–water partition coefficient (Wildman–Crippen LogP) is 3.01. The molecule has 1 unspecified atom stereocenters. The minimum absolute atomic E-state index is 0.246. The number of halogens is 1. The van der Waals surface area contributed by atoms with Gasteiger partial charge in [-0.25, -0.2) is 9.18 Å². The summed E-state index contributed by atoms with van der Waals surface area (Å²) in [6.45, 7) is 9.95. The number of rotatable bonds is 3. The second-order valence-corrected chi connectivity index (χ2v) is 8.13. The highest BCUT2D eigenvalue weighted by Crippen LogP contribution is 2.33. The topological polar surface area (TPSA) is 54.0 Å². The van der Waals surface area contributed by atoms with Crippen molar-refractivity contribution in [1.82, 2.24) is 10.2 Å². The molecule has 0 aliphatic carbocycles. The van der Waals surface area contributed by atoms with Gasteiger partial charge in [0.1, 0.15) is 11.7 Å². The predicted molar refractivity (Wildman–Crippen MR) is 103 cm³/mol. The van der Waals surface area contributed by atoms with Crippen molar-refractivity contribution in [1.29, 1.82) is 0 Å². The van der Waals surface area contributed by atoms with Gasteiger partial charge < -0.3 is 24.6 Å².